The van der Waals surface area contributed by atoms with Crippen molar-refractivity contribution in [3.8, 4) is 0 Å². The average Bonchev–Trinajstić information content (AvgIpc) is 2.69. The first-order chi connectivity index (χ1) is 8.47. The molecule has 98 valence electrons. The van der Waals surface area contributed by atoms with Crippen molar-refractivity contribution in [2.45, 2.75) is 26.8 Å². The third kappa shape index (κ3) is 3.23. The van der Waals surface area contributed by atoms with Crippen molar-refractivity contribution in [1.82, 2.24) is 4.98 Å². The van der Waals surface area contributed by atoms with Crippen LogP contribution in [0.25, 0.3) is 5.70 Å². The number of methoxy groups -OCH3 is 1. The van der Waals surface area contributed by atoms with Crippen LogP contribution in [-0.4, -0.2) is 30.3 Å². The van der Waals surface area contributed by atoms with E-state index in [1.165, 1.54) is 7.11 Å². The van der Waals surface area contributed by atoms with Crippen LogP contribution in [0.2, 0.25) is 0 Å². The van der Waals surface area contributed by atoms with Gasteiger partial charge in [-0.2, -0.15) is 0 Å². The number of aliphatic imine (C=N–C) groups is 1. The van der Waals surface area contributed by atoms with E-state index in [1.54, 1.807) is 18.5 Å². The second kappa shape index (κ2) is 6.05. The van der Waals surface area contributed by atoms with Gasteiger partial charge in [0.15, 0.2) is 0 Å². The Morgan fingerprint density at radius 1 is 1.56 bits per heavy atom. The predicted octanol–water partition coefficient (Wildman–Crippen LogP) is 1.89. The molecule has 0 saturated carbocycles. The van der Waals surface area contributed by atoms with Crippen molar-refractivity contribution < 1.29 is 9.53 Å². The van der Waals surface area contributed by atoms with Gasteiger partial charge in [0.05, 0.1) is 7.11 Å². The van der Waals surface area contributed by atoms with Gasteiger partial charge in [0.25, 0.3) is 0 Å². The molecule has 1 rings (SSSR count). The number of nitrogens with zero attached hydrogens (tertiary/aromatic N) is 1. The Hall–Kier alpha value is -2.04. The Kier molecular flexibility index (Phi) is 4.71. The number of ether oxygens (including phenoxy) is 1. The molecule has 18 heavy (non-hydrogen) atoms. The Bertz CT molecular complexity index is 484. The zero-order chi connectivity index (χ0) is 13.7. The third-order valence-electron chi connectivity index (χ3n) is 2.48. The number of carbonyl (C=O) groups excluding carboxylic acids is 1. The topological polar surface area (TPSA) is 80.5 Å². The van der Waals surface area contributed by atoms with E-state index in [9.17, 15) is 4.79 Å². The van der Waals surface area contributed by atoms with Gasteiger partial charge in [-0.25, -0.2) is 4.79 Å². The summed E-state index contributed by atoms with van der Waals surface area (Å²) in [5.74, 6) is -0.401. The van der Waals surface area contributed by atoms with E-state index in [2.05, 4.69) is 14.7 Å². The molecule has 0 unspecified atom stereocenters. The highest BCUT2D eigenvalue weighted by Crippen LogP contribution is 2.18. The number of rotatable bonds is 4. The van der Waals surface area contributed by atoms with Crippen molar-refractivity contribution in [2.24, 2.45) is 10.7 Å². The number of H-pyrrole nitrogens is 1. The number of carbonyl (C=O) groups is 1. The zero-order valence-electron chi connectivity index (χ0n) is 11.2. The molecule has 5 heteroatoms. The molecule has 0 atom stereocenters. The van der Waals surface area contributed by atoms with Gasteiger partial charge in [-0.1, -0.05) is 0 Å². The summed E-state index contributed by atoms with van der Waals surface area (Å²) in [4.78, 5) is 18.5. The lowest BCUT2D eigenvalue weighted by molar-refractivity contribution is 0.0594. The Balaban J connectivity index is 2.97. The molecule has 0 radical (unpaired) electrons. The van der Waals surface area contributed by atoms with Gasteiger partial charge in [-0.3, -0.25) is 4.99 Å². The molecule has 0 aromatic carbocycles. The summed E-state index contributed by atoms with van der Waals surface area (Å²) in [6.07, 6.45) is 5.08. The minimum absolute atomic E-state index is 0.229. The first-order valence-corrected chi connectivity index (χ1v) is 5.73. The quantitative estimate of drug-likeness (QED) is 0.631. The lowest BCUT2D eigenvalue weighted by Crippen LogP contribution is -2.04. The molecule has 0 fully saturated rings. The van der Waals surface area contributed by atoms with Gasteiger partial charge in [0.2, 0.25) is 0 Å². The maximum absolute atomic E-state index is 11.4. The van der Waals surface area contributed by atoms with Crippen LogP contribution in [0.1, 0.15) is 35.5 Å². The number of aromatic nitrogens is 1. The number of esters is 1. The smallest absolute Gasteiger partial charge is 0.354 e. The number of nitrogens with two attached hydrogens (primary N) is 1. The molecule has 0 saturated heterocycles. The molecule has 0 amide bonds. The fourth-order valence-corrected chi connectivity index (χ4v) is 1.49. The van der Waals surface area contributed by atoms with Crippen LogP contribution in [0.4, 0.5) is 0 Å². The summed E-state index contributed by atoms with van der Waals surface area (Å²) in [5.41, 5.74) is 8.47. The van der Waals surface area contributed by atoms with Crippen LogP contribution >= 0.6 is 0 Å². The molecule has 3 N–H and O–H groups in total. The van der Waals surface area contributed by atoms with Gasteiger partial charge >= 0.3 is 5.97 Å². The Labute approximate surface area is 107 Å². The first kappa shape index (κ1) is 14.0. The molecule has 1 aromatic rings. The molecule has 0 aliphatic carbocycles. The summed E-state index contributed by atoms with van der Waals surface area (Å²) < 4.78 is 4.67. The van der Waals surface area contributed by atoms with Crippen molar-refractivity contribution in [3.63, 3.8) is 0 Å². The zero-order valence-corrected chi connectivity index (χ0v) is 11.2. The highest BCUT2D eigenvalue weighted by molar-refractivity contribution is 5.92. The number of allylic oxidation sites excluding steroid dienone is 1. The normalized spacial score (nSPS) is 12.4. The first-order valence-electron chi connectivity index (χ1n) is 5.73. The molecule has 0 aliphatic rings. The highest BCUT2D eigenvalue weighted by Gasteiger charge is 2.15. The number of hydrogen-bond acceptors (Lipinski definition) is 4. The fourth-order valence-electron chi connectivity index (χ4n) is 1.49. The molecule has 1 aromatic heterocycles. The van der Waals surface area contributed by atoms with Gasteiger partial charge in [-0.05, 0) is 32.4 Å². The molecule has 5 nitrogen and oxygen atoms in total. The molecule has 1 heterocycles. The summed E-state index contributed by atoms with van der Waals surface area (Å²) in [5, 5.41) is 0. The Morgan fingerprint density at radius 2 is 2.22 bits per heavy atom. The number of aromatic amines is 1. The average molecular weight is 249 g/mol. The summed E-state index contributed by atoms with van der Waals surface area (Å²) in [6.45, 7) is 5.78. The van der Waals surface area contributed by atoms with Crippen LogP contribution in [0.15, 0.2) is 17.3 Å². The SMILES string of the molecule is COC(=O)c1[nH]cc(/C(N)=C/C=NC(C)C)c1C. The molecular formula is C13H19N3O2. The fraction of sp³-hybridized carbons (Fsp3) is 0.385. The minimum Gasteiger partial charge on any atom is -0.464 e. The second-order valence-corrected chi connectivity index (χ2v) is 4.21. The van der Waals surface area contributed by atoms with Crippen LogP contribution in [0.3, 0.4) is 0 Å². The maximum Gasteiger partial charge on any atom is 0.354 e. The maximum atomic E-state index is 11.4. The largest absolute Gasteiger partial charge is 0.464 e. The van der Waals surface area contributed by atoms with Gasteiger partial charge in [0.1, 0.15) is 5.69 Å². The minimum atomic E-state index is -0.401. The summed E-state index contributed by atoms with van der Waals surface area (Å²) in [6, 6.07) is 0.229. The van der Waals surface area contributed by atoms with Crippen molar-refractivity contribution >= 4 is 17.9 Å². The predicted molar refractivity (Wildman–Crippen MR) is 72.7 cm³/mol. The molecular weight excluding hydrogens is 230 g/mol. The van der Waals surface area contributed by atoms with E-state index in [0.717, 1.165) is 11.1 Å². The van der Waals surface area contributed by atoms with Crippen molar-refractivity contribution in [3.05, 3.63) is 29.1 Å². The van der Waals surface area contributed by atoms with Gasteiger partial charge in [0, 0.05) is 29.7 Å². The van der Waals surface area contributed by atoms with Crippen molar-refractivity contribution in [2.75, 3.05) is 7.11 Å². The van der Waals surface area contributed by atoms with Crippen molar-refractivity contribution in [1.29, 1.82) is 0 Å². The Morgan fingerprint density at radius 3 is 2.78 bits per heavy atom. The number of nitrogens with one attached hydrogen (secondary N) is 1. The van der Waals surface area contributed by atoms with E-state index in [-0.39, 0.29) is 6.04 Å². The van der Waals surface area contributed by atoms with Crippen LogP contribution in [0, 0.1) is 6.92 Å². The van der Waals surface area contributed by atoms with Gasteiger partial charge < -0.3 is 15.5 Å². The van der Waals surface area contributed by atoms with E-state index in [1.807, 2.05) is 20.8 Å². The summed E-state index contributed by atoms with van der Waals surface area (Å²) >= 11 is 0. The monoisotopic (exact) mass is 249 g/mol. The van der Waals surface area contributed by atoms with Gasteiger partial charge in [-0.15, -0.1) is 0 Å². The van der Waals surface area contributed by atoms with E-state index in [0.29, 0.717) is 11.4 Å². The molecule has 0 spiro atoms. The number of hydrogen-bond donors (Lipinski definition) is 2. The van der Waals surface area contributed by atoms with E-state index in [4.69, 9.17) is 5.73 Å². The van der Waals surface area contributed by atoms with Crippen LogP contribution < -0.4 is 5.73 Å². The molecule has 0 bridgehead atoms. The lowest BCUT2D eigenvalue weighted by Gasteiger charge is -2.01. The standard InChI is InChI=1S/C13H19N3O2/c1-8(2)15-6-5-11(14)10-7-16-12(9(10)3)13(17)18-4/h5-8,16H,14H2,1-4H3/b11-5-,15-6?. The highest BCUT2D eigenvalue weighted by atomic mass is 16.5. The van der Waals surface area contributed by atoms with Crippen LogP contribution in [0.5, 0.6) is 0 Å². The van der Waals surface area contributed by atoms with Crippen LogP contribution in [-0.2, 0) is 4.74 Å². The summed E-state index contributed by atoms with van der Waals surface area (Å²) in [7, 11) is 1.34. The van der Waals surface area contributed by atoms with E-state index >= 15 is 0 Å². The lowest BCUT2D eigenvalue weighted by atomic mass is 10.1. The van der Waals surface area contributed by atoms with E-state index < -0.39 is 5.97 Å². The second-order valence-electron chi connectivity index (χ2n) is 4.21. The third-order valence-corrected chi connectivity index (χ3v) is 2.48. The molecule has 0 aliphatic heterocycles.